The molecule has 3 N–H and O–H groups in total. The molecule has 0 radical (unpaired) electrons. The Kier molecular flexibility index (Phi) is 2.47. The summed E-state index contributed by atoms with van der Waals surface area (Å²) < 4.78 is 5.47. The summed E-state index contributed by atoms with van der Waals surface area (Å²) in [7, 11) is 0. The molecule has 0 aliphatic rings. The molecule has 6 nitrogen and oxygen atoms in total. The van der Waals surface area contributed by atoms with E-state index in [9.17, 15) is 4.79 Å². The van der Waals surface area contributed by atoms with Gasteiger partial charge in [0.05, 0.1) is 11.5 Å². The lowest BCUT2D eigenvalue weighted by molar-refractivity contribution is 0.0996. The van der Waals surface area contributed by atoms with Crippen LogP contribution in [0.3, 0.4) is 0 Å². The normalized spacial score (nSPS) is 10.9. The van der Waals surface area contributed by atoms with Gasteiger partial charge >= 0.3 is 0 Å². The maximum absolute atomic E-state index is 10.9. The van der Waals surface area contributed by atoms with Crippen LogP contribution in [0.4, 0.5) is 0 Å². The number of hydrogen-bond donors (Lipinski definition) is 2. The van der Waals surface area contributed by atoms with E-state index in [-0.39, 0.29) is 11.8 Å². The molecule has 0 saturated carbocycles. The molecule has 6 heteroatoms. The highest BCUT2D eigenvalue weighted by molar-refractivity contribution is 5.93. The van der Waals surface area contributed by atoms with E-state index >= 15 is 0 Å². The second kappa shape index (κ2) is 3.80. The number of aromatic nitrogens is 3. The molecule has 16 heavy (non-hydrogen) atoms. The van der Waals surface area contributed by atoms with Crippen LogP contribution in [-0.2, 0) is 0 Å². The van der Waals surface area contributed by atoms with Gasteiger partial charge in [0.1, 0.15) is 5.69 Å². The molecular weight excluding hydrogens is 208 g/mol. The molecule has 0 aliphatic heterocycles. The smallest absolute Gasteiger partial charge is 0.267 e. The number of nitrogens with one attached hydrogen (secondary N) is 1. The van der Waals surface area contributed by atoms with E-state index in [0.717, 1.165) is 5.39 Å². The van der Waals surface area contributed by atoms with Crippen molar-refractivity contribution < 1.29 is 9.53 Å². The highest BCUT2D eigenvalue weighted by atomic mass is 16.5. The lowest BCUT2D eigenvalue weighted by Crippen LogP contribution is -2.12. The minimum Gasteiger partial charge on any atom is -0.473 e. The number of nitrogens with two attached hydrogens (primary N) is 1. The number of amides is 1. The van der Waals surface area contributed by atoms with Gasteiger partial charge in [0.2, 0.25) is 5.88 Å². The first-order chi connectivity index (χ1) is 7.58. The first-order valence-electron chi connectivity index (χ1n) is 4.89. The minimum absolute atomic E-state index is 0.0299. The van der Waals surface area contributed by atoms with Gasteiger partial charge in [-0.05, 0) is 26.0 Å². The largest absolute Gasteiger partial charge is 0.473 e. The highest BCUT2D eigenvalue weighted by Gasteiger charge is 2.11. The molecular formula is C10H12N4O2. The molecule has 84 valence electrons. The zero-order chi connectivity index (χ0) is 11.7. The van der Waals surface area contributed by atoms with Gasteiger partial charge in [-0.2, -0.15) is 0 Å². The van der Waals surface area contributed by atoms with Crippen LogP contribution in [0, 0.1) is 0 Å². The van der Waals surface area contributed by atoms with Crippen molar-refractivity contribution in [3.05, 3.63) is 17.8 Å². The number of nitrogens with zero attached hydrogens (tertiary/aromatic N) is 2. The molecule has 2 rings (SSSR count). The fourth-order valence-corrected chi connectivity index (χ4v) is 1.33. The number of aromatic amines is 1. The molecule has 0 fully saturated rings. The number of carbonyl (C=O) groups excluding carboxylic acids is 1. The summed E-state index contributed by atoms with van der Waals surface area (Å²) in [5.74, 6) is -0.0867. The molecule has 2 heterocycles. The Labute approximate surface area is 91.8 Å². The lowest BCUT2D eigenvalue weighted by atomic mass is 10.3. The summed E-state index contributed by atoms with van der Waals surface area (Å²) in [4.78, 5) is 15.0. The fourth-order valence-electron chi connectivity index (χ4n) is 1.33. The monoisotopic (exact) mass is 220 g/mol. The van der Waals surface area contributed by atoms with E-state index in [1.54, 1.807) is 12.1 Å². The Balaban J connectivity index is 2.46. The average Bonchev–Trinajstić information content (AvgIpc) is 2.60. The maximum Gasteiger partial charge on any atom is 0.267 e. The van der Waals surface area contributed by atoms with E-state index in [2.05, 4.69) is 15.2 Å². The van der Waals surface area contributed by atoms with E-state index in [1.165, 1.54) is 0 Å². The van der Waals surface area contributed by atoms with Crippen LogP contribution in [0.25, 0.3) is 11.0 Å². The van der Waals surface area contributed by atoms with Crippen molar-refractivity contribution in [1.82, 2.24) is 15.2 Å². The molecule has 2 aromatic rings. The Morgan fingerprint density at radius 2 is 2.25 bits per heavy atom. The van der Waals surface area contributed by atoms with Crippen molar-refractivity contribution >= 4 is 16.9 Å². The number of pyridine rings is 1. The molecule has 0 saturated heterocycles. The zero-order valence-corrected chi connectivity index (χ0v) is 9.02. The quantitative estimate of drug-likeness (QED) is 0.801. The first-order valence-corrected chi connectivity index (χ1v) is 4.89. The molecule has 0 aliphatic carbocycles. The third-order valence-electron chi connectivity index (χ3n) is 1.99. The topological polar surface area (TPSA) is 93.9 Å². The van der Waals surface area contributed by atoms with Crippen LogP contribution in [0.1, 0.15) is 24.3 Å². The Bertz CT molecular complexity index is 533. The van der Waals surface area contributed by atoms with Crippen molar-refractivity contribution in [3.63, 3.8) is 0 Å². The summed E-state index contributed by atoms with van der Waals surface area (Å²) in [6.07, 6.45) is 0.0299. The second-order valence-corrected chi connectivity index (χ2v) is 3.65. The summed E-state index contributed by atoms with van der Waals surface area (Å²) in [5.41, 5.74) is 5.82. The van der Waals surface area contributed by atoms with Crippen LogP contribution in [0.5, 0.6) is 5.88 Å². The van der Waals surface area contributed by atoms with Crippen molar-refractivity contribution in [2.45, 2.75) is 20.0 Å². The molecule has 2 aromatic heterocycles. The molecule has 0 aromatic carbocycles. The van der Waals surface area contributed by atoms with Gasteiger partial charge in [-0.1, -0.05) is 0 Å². The second-order valence-electron chi connectivity index (χ2n) is 3.65. The molecule has 1 amide bonds. The zero-order valence-electron chi connectivity index (χ0n) is 9.02. The Hall–Kier alpha value is -2.11. The minimum atomic E-state index is -0.567. The first kappa shape index (κ1) is 10.4. The van der Waals surface area contributed by atoms with Crippen molar-refractivity contribution in [1.29, 1.82) is 0 Å². The summed E-state index contributed by atoms with van der Waals surface area (Å²) in [6, 6.07) is 3.26. The number of carbonyl (C=O) groups is 1. The van der Waals surface area contributed by atoms with Crippen LogP contribution in [0.2, 0.25) is 0 Å². The van der Waals surface area contributed by atoms with Crippen molar-refractivity contribution in [2.24, 2.45) is 5.73 Å². The van der Waals surface area contributed by atoms with Gasteiger partial charge in [-0.3, -0.25) is 9.89 Å². The predicted octanol–water partition coefficient (Wildman–Crippen LogP) is 0.844. The molecule has 0 unspecified atom stereocenters. The van der Waals surface area contributed by atoms with Crippen LogP contribution < -0.4 is 10.5 Å². The van der Waals surface area contributed by atoms with Gasteiger partial charge < -0.3 is 10.5 Å². The SMILES string of the molecule is CC(C)Oc1n[nH]c2nc(C(N)=O)ccc12. The van der Waals surface area contributed by atoms with E-state index in [4.69, 9.17) is 10.5 Å². The van der Waals surface area contributed by atoms with Gasteiger partial charge in [0.25, 0.3) is 5.91 Å². The number of fused-ring (bicyclic) bond motifs is 1. The third kappa shape index (κ3) is 1.81. The average molecular weight is 220 g/mol. The van der Waals surface area contributed by atoms with Crippen LogP contribution >= 0.6 is 0 Å². The number of rotatable bonds is 3. The van der Waals surface area contributed by atoms with E-state index < -0.39 is 5.91 Å². The van der Waals surface area contributed by atoms with E-state index in [1.807, 2.05) is 13.8 Å². The Morgan fingerprint density at radius 1 is 1.50 bits per heavy atom. The Morgan fingerprint density at radius 3 is 2.88 bits per heavy atom. The standard InChI is InChI=1S/C10H12N4O2/c1-5(2)16-10-6-3-4-7(8(11)15)12-9(6)13-14-10/h3-5H,1-2H3,(H2,11,15)(H,12,13,14). The maximum atomic E-state index is 10.9. The van der Waals surface area contributed by atoms with Crippen LogP contribution in [-0.4, -0.2) is 27.2 Å². The van der Waals surface area contributed by atoms with Crippen molar-refractivity contribution in [2.75, 3.05) is 0 Å². The number of hydrogen-bond acceptors (Lipinski definition) is 4. The fraction of sp³-hybridized carbons (Fsp3) is 0.300. The molecule has 0 bridgehead atoms. The molecule has 0 spiro atoms. The van der Waals surface area contributed by atoms with E-state index in [0.29, 0.717) is 11.5 Å². The number of primary amides is 1. The van der Waals surface area contributed by atoms with Gasteiger partial charge in [-0.25, -0.2) is 4.98 Å². The molecule has 0 atom stereocenters. The summed E-state index contributed by atoms with van der Waals surface area (Å²) in [5, 5.41) is 7.40. The van der Waals surface area contributed by atoms with Crippen molar-refractivity contribution in [3.8, 4) is 5.88 Å². The van der Waals surface area contributed by atoms with Gasteiger partial charge in [-0.15, -0.1) is 5.10 Å². The predicted molar refractivity (Wildman–Crippen MR) is 58.2 cm³/mol. The summed E-state index contributed by atoms with van der Waals surface area (Å²) >= 11 is 0. The highest BCUT2D eigenvalue weighted by Crippen LogP contribution is 2.21. The van der Waals surface area contributed by atoms with Gasteiger partial charge in [0, 0.05) is 0 Å². The lowest BCUT2D eigenvalue weighted by Gasteiger charge is -2.05. The summed E-state index contributed by atoms with van der Waals surface area (Å²) in [6.45, 7) is 3.82. The van der Waals surface area contributed by atoms with Crippen LogP contribution in [0.15, 0.2) is 12.1 Å². The van der Waals surface area contributed by atoms with Gasteiger partial charge in [0.15, 0.2) is 5.65 Å². The third-order valence-corrected chi connectivity index (χ3v) is 1.99. The number of ether oxygens (including phenoxy) is 1. The number of H-pyrrole nitrogens is 1.